The van der Waals surface area contributed by atoms with Crippen LogP contribution < -0.4 is 0 Å². The van der Waals surface area contributed by atoms with Gasteiger partial charge in [0.2, 0.25) is 0 Å². The lowest BCUT2D eigenvalue weighted by Crippen LogP contribution is -2.45. The molecular formula is C13H18O3. The van der Waals surface area contributed by atoms with Gasteiger partial charge < -0.3 is 9.84 Å². The van der Waals surface area contributed by atoms with E-state index in [0.717, 1.165) is 0 Å². The number of rotatable bonds is 3. The monoisotopic (exact) mass is 222 g/mol. The molecule has 0 radical (unpaired) electrons. The van der Waals surface area contributed by atoms with Crippen molar-refractivity contribution in [1.82, 2.24) is 0 Å². The van der Waals surface area contributed by atoms with Gasteiger partial charge in [0.1, 0.15) is 5.60 Å². The quantitative estimate of drug-likeness (QED) is 0.796. The highest BCUT2D eigenvalue weighted by Crippen LogP contribution is 2.40. The van der Waals surface area contributed by atoms with E-state index in [2.05, 4.69) is 0 Å². The molecule has 1 aromatic carbocycles. The zero-order valence-corrected chi connectivity index (χ0v) is 10.2. The van der Waals surface area contributed by atoms with E-state index in [1.807, 2.05) is 18.2 Å². The Morgan fingerprint density at radius 2 is 1.69 bits per heavy atom. The van der Waals surface area contributed by atoms with Crippen molar-refractivity contribution in [2.24, 2.45) is 5.41 Å². The number of carbonyl (C=O) groups excluding carboxylic acids is 1. The molecule has 1 unspecified atom stereocenters. The Morgan fingerprint density at radius 3 is 2.12 bits per heavy atom. The number of benzene rings is 1. The topological polar surface area (TPSA) is 46.5 Å². The summed E-state index contributed by atoms with van der Waals surface area (Å²) in [6, 6.07) is 9.12. The Labute approximate surface area is 96.1 Å². The smallest absolute Gasteiger partial charge is 0.314 e. The molecule has 16 heavy (non-hydrogen) atoms. The number of carbonyl (C=O) groups is 1. The first-order chi connectivity index (χ1) is 7.34. The Balaban J connectivity index is 3.16. The summed E-state index contributed by atoms with van der Waals surface area (Å²) in [6.07, 6.45) is 0. The molecule has 1 rings (SSSR count). The summed E-state index contributed by atoms with van der Waals surface area (Å²) < 4.78 is 4.72. The average molecular weight is 222 g/mol. The summed E-state index contributed by atoms with van der Waals surface area (Å²) >= 11 is 0. The van der Waals surface area contributed by atoms with Crippen LogP contribution >= 0.6 is 0 Å². The third-order valence-corrected chi connectivity index (χ3v) is 3.25. The van der Waals surface area contributed by atoms with Crippen LogP contribution in [0.25, 0.3) is 0 Å². The molecule has 0 heterocycles. The van der Waals surface area contributed by atoms with Crippen LogP contribution in [0.4, 0.5) is 0 Å². The number of hydrogen-bond donors (Lipinski definition) is 1. The van der Waals surface area contributed by atoms with Crippen LogP contribution in [0.5, 0.6) is 0 Å². The van der Waals surface area contributed by atoms with E-state index in [4.69, 9.17) is 4.74 Å². The summed E-state index contributed by atoms with van der Waals surface area (Å²) in [7, 11) is 1.32. The molecule has 1 atom stereocenters. The predicted octanol–water partition coefficient (Wildman–Crippen LogP) is 2.09. The molecule has 0 aliphatic carbocycles. The second-order valence-corrected chi connectivity index (χ2v) is 4.55. The molecule has 0 saturated carbocycles. The first kappa shape index (κ1) is 12.7. The second kappa shape index (κ2) is 4.26. The van der Waals surface area contributed by atoms with Crippen LogP contribution in [-0.2, 0) is 15.1 Å². The van der Waals surface area contributed by atoms with E-state index in [1.165, 1.54) is 7.11 Å². The van der Waals surface area contributed by atoms with Gasteiger partial charge in [-0.05, 0) is 26.3 Å². The van der Waals surface area contributed by atoms with Crippen LogP contribution in [0.3, 0.4) is 0 Å². The van der Waals surface area contributed by atoms with Gasteiger partial charge in [-0.1, -0.05) is 30.3 Å². The molecule has 0 aliphatic rings. The highest BCUT2D eigenvalue weighted by molar-refractivity contribution is 5.77. The van der Waals surface area contributed by atoms with E-state index in [-0.39, 0.29) is 0 Å². The van der Waals surface area contributed by atoms with Crippen molar-refractivity contribution in [2.45, 2.75) is 26.4 Å². The van der Waals surface area contributed by atoms with Gasteiger partial charge in [0.05, 0.1) is 12.5 Å². The normalized spacial score (nSPS) is 15.3. The molecule has 0 spiro atoms. The third-order valence-electron chi connectivity index (χ3n) is 3.25. The largest absolute Gasteiger partial charge is 0.469 e. The molecule has 0 saturated heterocycles. The minimum atomic E-state index is -1.26. The standard InChI is InChI=1S/C13H18O3/c1-12(2,11(14)16-4)13(3,15)10-8-6-5-7-9-10/h5-9,15H,1-4H3. The predicted molar refractivity (Wildman–Crippen MR) is 61.8 cm³/mol. The van der Waals surface area contributed by atoms with E-state index in [0.29, 0.717) is 5.56 Å². The van der Waals surface area contributed by atoms with Crippen molar-refractivity contribution < 1.29 is 14.6 Å². The summed E-state index contributed by atoms with van der Waals surface area (Å²) in [4.78, 5) is 11.7. The summed E-state index contributed by atoms with van der Waals surface area (Å²) in [5.41, 5.74) is -1.56. The highest BCUT2D eigenvalue weighted by Gasteiger charge is 2.47. The Hall–Kier alpha value is -1.35. The van der Waals surface area contributed by atoms with E-state index in [1.54, 1.807) is 32.9 Å². The van der Waals surface area contributed by atoms with E-state index >= 15 is 0 Å². The zero-order chi connectivity index (χ0) is 12.4. The first-order valence-corrected chi connectivity index (χ1v) is 5.20. The summed E-state index contributed by atoms with van der Waals surface area (Å²) in [5.74, 6) is -0.429. The van der Waals surface area contributed by atoms with Crippen LogP contribution in [0, 0.1) is 5.41 Å². The van der Waals surface area contributed by atoms with Crippen molar-refractivity contribution in [3.05, 3.63) is 35.9 Å². The molecule has 3 heteroatoms. The molecular weight excluding hydrogens is 204 g/mol. The molecule has 0 bridgehead atoms. The zero-order valence-electron chi connectivity index (χ0n) is 10.2. The minimum absolute atomic E-state index is 0.429. The van der Waals surface area contributed by atoms with Crippen molar-refractivity contribution in [3.63, 3.8) is 0 Å². The second-order valence-electron chi connectivity index (χ2n) is 4.55. The number of ether oxygens (including phenoxy) is 1. The maximum Gasteiger partial charge on any atom is 0.314 e. The van der Waals surface area contributed by atoms with Gasteiger partial charge in [0.15, 0.2) is 0 Å². The maximum atomic E-state index is 11.7. The molecule has 0 aromatic heterocycles. The average Bonchev–Trinajstić information content (AvgIpc) is 2.28. The lowest BCUT2D eigenvalue weighted by Gasteiger charge is -2.37. The molecule has 1 aromatic rings. The lowest BCUT2D eigenvalue weighted by atomic mass is 9.72. The molecule has 88 valence electrons. The van der Waals surface area contributed by atoms with Crippen LogP contribution in [0.1, 0.15) is 26.3 Å². The molecule has 0 fully saturated rings. The molecule has 1 N–H and O–H groups in total. The van der Waals surface area contributed by atoms with Crippen molar-refractivity contribution in [3.8, 4) is 0 Å². The minimum Gasteiger partial charge on any atom is -0.469 e. The molecule has 0 aliphatic heterocycles. The number of methoxy groups -OCH3 is 1. The van der Waals surface area contributed by atoms with Gasteiger partial charge in [0.25, 0.3) is 0 Å². The Kier molecular flexibility index (Phi) is 3.38. The van der Waals surface area contributed by atoms with Gasteiger partial charge >= 0.3 is 5.97 Å². The van der Waals surface area contributed by atoms with Crippen molar-refractivity contribution in [2.75, 3.05) is 7.11 Å². The van der Waals surface area contributed by atoms with Gasteiger partial charge in [-0.3, -0.25) is 4.79 Å². The highest BCUT2D eigenvalue weighted by atomic mass is 16.5. The number of esters is 1. The fourth-order valence-corrected chi connectivity index (χ4v) is 1.58. The Bertz CT molecular complexity index is 366. The summed E-state index contributed by atoms with van der Waals surface area (Å²) in [6.45, 7) is 4.97. The van der Waals surface area contributed by atoms with Gasteiger partial charge in [0, 0.05) is 0 Å². The van der Waals surface area contributed by atoms with Gasteiger partial charge in [-0.2, -0.15) is 0 Å². The van der Waals surface area contributed by atoms with Crippen LogP contribution in [0.2, 0.25) is 0 Å². The van der Waals surface area contributed by atoms with E-state index < -0.39 is 17.0 Å². The molecule has 3 nitrogen and oxygen atoms in total. The fourth-order valence-electron chi connectivity index (χ4n) is 1.58. The lowest BCUT2D eigenvalue weighted by molar-refractivity contribution is -0.167. The number of aliphatic hydroxyl groups is 1. The van der Waals surface area contributed by atoms with Crippen LogP contribution in [0.15, 0.2) is 30.3 Å². The summed E-state index contributed by atoms with van der Waals surface area (Å²) in [5, 5.41) is 10.5. The van der Waals surface area contributed by atoms with Crippen LogP contribution in [-0.4, -0.2) is 18.2 Å². The number of hydrogen-bond acceptors (Lipinski definition) is 3. The van der Waals surface area contributed by atoms with E-state index in [9.17, 15) is 9.90 Å². The van der Waals surface area contributed by atoms with Gasteiger partial charge in [-0.15, -0.1) is 0 Å². The first-order valence-electron chi connectivity index (χ1n) is 5.20. The maximum absolute atomic E-state index is 11.7. The molecule has 0 amide bonds. The fraction of sp³-hybridized carbons (Fsp3) is 0.462. The SMILES string of the molecule is COC(=O)C(C)(C)C(C)(O)c1ccccc1. The van der Waals surface area contributed by atoms with Gasteiger partial charge in [-0.25, -0.2) is 0 Å². The van der Waals surface area contributed by atoms with Crippen molar-refractivity contribution in [1.29, 1.82) is 0 Å². The Morgan fingerprint density at radius 1 is 1.19 bits per heavy atom. The third kappa shape index (κ3) is 1.95. The van der Waals surface area contributed by atoms with Crippen molar-refractivity contribution >= 4 is 5.97 Å².